The van der Waals surface area contributed by atoms with Crippen molar-refractivity contribution in [2.45, 2.75) is 73.2 Å². The fourth-order valence-electron chi connectivity index (χ4n) is 3.68. The van der Waals surface area contributed by atoms with Gasteiger partial charge in [-0.2, -0.15) is 4.31 Å². The normalized spacial score (nSPS) is 28.2. The third-order valence-corrected chi connectivity index (χ3v) is 14.0. The maximum absolute atomic E-state index is 13.3. The van der Waals surface area contributed by atoms with E-state index in [1.165, 1.54) is 0 Å². The quantitative estimate of drug-likeness (QED) is 0.308. The van der Waals surface area contributed by atoms with E-state index in [0.717, 1.165) is 9.87 Å². The topological polar surface area (TPSA) is 72.9 Å². The van der Waals surface area contributed by atoms with Crippen molar-refractivity contribution in [2.24, 2.45) is 5.92 Å². The Hall–Kier alpha value is -0.653. The molecule has 9 heteroatoms. The highest BCUT2D eigenvalue weighted by Crippen LogP contribution is 2.46. The molecule has 1 aromatic rings. The number of hydrogen-bond acceptors (Lipinski definition) is 5. The molecular formula is C20H30INO5SSi. The highest BCUT2D eigenvalue weighted by molar-refractivity contribution is 14.1. The molecule has 1 saturated carbocycles. The van der Waals surface area contributed by atoms with Crippen molar-refractivity contribution in [1.82, 2.24) is 4.31 Å². The smallest absolute Gasteiger partial charge is 0.424 e. The lowest BCUT2D eigenvalue weighted by molar-refractivity contribution is 0.0169. The Balaban J connectivity index is 1.93. The number of carbonyl (C=O) groups is 1. The molecule has 0 unspecified atom stereocenters. The Morgan fingerprint density at radius 2 is 1.79 bits per heavy atom. The number of hydrogen-bond donors (Lipinski definition) is 0. The van der Waals surface area contributed by atoms with Crippen molar-refractivity contribution in [1.29, 1.82) is 0 Å². The number of amides is 1. The van der Waals surface area contributed by atoms with Crippen LogP contribution in [0.5, 0.6) is 0 Å². The van der Waals surface area contributed by atoms with Crippen LogP contribution in [0, 0.1) is 12.8 Å². The molecule has 0 radical (unpaired) electrons. The van der Waals surface area contributed by atoms with Crippen LogP contribution >= 0.6 is 22.6 Å². The Bertz CT molecular complexity index is 881. The van der Waals surface area contributed by atoms with Gasteiger partial charge in [-0.25, -0.2) is 13.2 Å². The third kappa shape index (κ3) is 4.24. The van der Waals surface area contributed by atoms with E-state index in [9.17, 15) is 13.2 Å². The van der Waals surface area contributed by atoms with E-state index in [2.05, 4.69) is 56.5 Å². The van der Waals surface area contributed by atoms with Gasteiger partial charge < -0.3 is 9.16 Å². The molecule has 3 rings (SSSR count). The number of benzene rings is 1. The molecule has 1 amide bonds. The molecule has 1 aliphatic carbocycles. The third-order valence-electron chi connectivity index (χ3n) is 6.42. The summed E-state index contributed by atoms with van der Waals surface area (Å²) < 4.78 is 39.6. The van der Waals surface area contributed by atoms with E-state index in [1.54, 1.807) is 24.3 Å². The number of aryl methyl sites for hydroxylation is 1. The van der Waals surface area contributed by atoms with E-state index in [0.29, 0.717) is 6.42 Å². The summed E-state index contributed by atoms with van der Waals surface area (Å²) in [6, 6.07) is 6.10. The molecule has 0 bridgehead atoms. The van der Waals surface area contributed by atoms with E-state index in [1.807, 2.05) is 6.92 Å². The molecule has 0 N–H and O–H groups in total. The van der Waals surface area contributed by atoms with Crippen LogP contribution in [-0.4, -0.2) is 49.8 Å². The zero-order valence-electron chi connectivity index (χ0n) is 17.8. The number of ether oxygens (including phenoxy) is 1. The number of halogens is 1. The van der Waals surface area contributed by atoms with E-state index >= 15 is 0 Å². The highest BCUT2D eigenvalue weighted by atomic mass is 127. The number of rotatable bonds is 4. The lowest BCUT2D eigenvalue weighted by Gasteiger charge is -2.42. The Morgan fingerprint density at radius 1 is 1.21 bits per heavy atom. The Kier molecular flexibility index (Phi) is 6.19. The van der Waals surface area contributed by atoms with Gasteiger partial charge in [0.05, 0.1) is 17.0 Å². The van der Waals surface area contributed by atoms with Gasteiger partial charge in [0.2, 0.25) is 0 Å². The van der Waals surface area contributed by atoms with Crippen LogP contribution in [0.4, 0.5) is 4.79 Å². The fraction of sp³-hybridized carbons (Fsp3) is 0.650. The van der Waals surface area contributed by atoms with Crippen molar-refractivity contribution >= 4 is 47.0 Å². The molecule has 4 atom stereocenters. The summed E-state index contributed by atoms with van der Waals surface area (Å²) in [6.07, 6.45) is -0.202. The Labute approximate surface area is 188 Å². The van der Waals surface area contributed by atoms with Gasteiger partial charge in [-0.15, -0.1) is 0 Å². The zero-order valence-corrected chi connectivity index (χ0v) is 21.8. The molecule has 162 valence electrons. The number of sulfonamides is 1. The number of carbonyl (C=O) groups excluding carboxylic acids is 1. The molecule has 1 aromatic carbocycles. The molecule has 29 heavy (non-hydrogen) atoms. The molecule has 0 aromatic heterocycles. The summed E-state index contributed by atoms with van der Waals surface area (Å²) in [5.41, 5.74) is 0.957. The van der Waals surface area contributed by atoms with Gasteiger partial charge in [0.1, 0.15) is 6.61 Å². The SMILES string of the molecule is Cc1ccc(S(=O)(=O)N2C(=O)OC[C@@H]3[C@H]2[C@@H](I)C[C@@H]3O[Si](C)(C)C(C)(C)C)cc1. The fourth-order valence-corrected chi connectivity index (χ4v) is 8.21. The monoisotopic (exact) mass is 551 g/mol. The average Bonchev–Trinajstić information content (AvgIpc) is 2.89. The largest absolute Gasteiger partial charge is 0.448 e. The van der Waals surface area contributed by atoms with E-state index in [-0.39, 0.29) is 32.5 Å². The first-order valence-electron chi connectivity index (χ1n) is 9.85. The second kappa shape index (κ2) is 7.80. The number of nitrogens with zero attached hydrogens (tertiary/aromatic N) is 1. The van der Waals surface area contributed by atoms with Crippen LogP contribution in [0.2, 0.25) is 18.1 Å². The van der Waals surface area contributed by atoms with Gasteiger partial charge in [0.25, 0.3) is 10.0 Å². The van der Waals surface area contributed by atoms with Gasteiger partial charge in [-0.3, -0.25) is 0 Å². The molecule has 6 nitrogen and oxygen atoms in total. The average molecular weight is 552 g/mol. The second-order valence-corrected chi connectivity index (χ2v) is 17.7. The van der Waals surface area contributed by atoms with E-state index in [4.69, 9.17) is 9.16 Å². The van der Waals surface area contributed by atoms with Crippen molar-refractivity contribution in [2.75, 3.05) is 6.61 Å². The summed E-state index contributed by atoms with van der Waals surface area (Å²) in [5, 5.41) is 0.0465. The summed E-state index contributed by atoms with van der Waals surface area (Å²) in [4.78, 5) is 12.7. The minimum absolute atomic E-state index is 0.0274. The zero-order chi connectivity index (χ0) is 21.8. The summed E-state index contributed by atoms with van der Waals surface area (Å²) in [6.45, 7) is 13.0. The van der Waals surface area contributed by atoms with Crippen LogP contribution in [0.1, 0.15) is 32.8 Å². The maximum atomic E-state index is 13.3. The van der Waals surface area contributed by atoms with Crippen LogP contribution < -0.4 is 0 Å². The number of alkyl halides is 1. The first-order valence-corrected chi connectivity index (χ1v) is 15.4. The van der Waals surface area contributed by atoms with Gasteiger partial charge in [0.15, 0.2) is 8.32 Å². The van der Waals surface area contributed by atoms with Crippen molar-refractivity contribution in [3.05, 3.63) is 29.8 Å². The van der Waals surface area contributed by atoms with Gasteiger partial charge >= 0.3 is 6.09 Å². The predicted octanol–water partition coefficient (Wildman–Crippen LogP) is 4.72. The summed E-state index contributed by atoms with van der Waals surface area (Å²) in [5.74, 6) is -0.163. The van der Waals surface area contributed by atoms with Crippen LogP contribution in [-0.2, 0) is 19.2 Å². The molecular weight excluding hydrogens is 521 g/mol. The van der Waals surface area contributed by atoms with Gasteiger partial charge in [0, 0.05) is 9.84 Å². The second-order valence-electron chi connectivity index (χ2n) is 9.51. The van der Waals surface area contributed by atoms with Crippen molar-refractivity contribution in [3.8, 4) is 0 Å². The molecule has 1 heterocycles. The first-order chi connectivity index (χ1) is 13.3. The van der Waals surface area contributed by atoms with Crippen LogP contribution in [0.15, 0.2) is 29.2 Å². The van der Waals surface area contributed by atoms with Gasteiger partial charge in [-0.05, 0) is 43.6 Å². The maximum Gasteiger partial charge on any atom is 0.424 e. The summed E-state index contributed by atoms with van der Waals surface area (Å²) >= 11 is 2.27. The number of fused-ring (bicyclic) bond motifs is 1. The minimum atomic E-state index is -4.00. The molecule has 0 spiro atoms. The first kappa shape index (κ1) is 23.0. The van der Waals surface area contributed by atoms with Gasteiger partial charge in [-0.1, -0.05) is 61.1 Å². The molecule has 1 aliphatic heterocycles. The number of cyclic esters (lactones) is 1. The summed E-state index contributed by atoms with van der Waals surface area (Å²) in [7, 11) is -6.04. The predicted molar refractivity (Wildman–Crippen MR) is 123 cm³/mol. The molecule has 2 fully saturated rings. The molecule has 1 saturated heterocycles. The van der Waals surface area contributed by atoms with Crippen LogP contribution in [0.25, 0.3) is 0 Å². The van der Waals surface area contributed by atoms with Crippen molar-refractivity contribution in [3.63, 3.8) is 0 Å². The molecule has 2 aliphatic rings. The standard InChI is InChI=1S/C20H30INO5SSi/c1-13-7-9-14(10-8-13)28(24,25)22-18-15(12-26-19(22)23)17(11-16(18)21)27-29(5,6)20(2,3)4/h7-10,15-18H,11-12H2,1-6H3/t15-,16-,17-,18-/m0/s1. The lowest BCUT2D eigenvalue weighted by atomic mass is 10.0. The lowest BCUT2D eigenvalue weighted by Crippen LogP contribution is -2.56. The van der Waals surface area contributed by atoms with Crippen molar-refractivity contribution < 1.29 is 22.4 Å². The van der Waals surface area contributed by atoms with Crippen LogP contribution in [0.3, 0.4) is 0 Å². The minimum Gasteiger partial charge on any atom is -0.448 e. The Morgan fingerprint density at radius 3 is 2.34 bits per heavy atom. The highest BCUT2D eigenvalue weighted by Gasteiger charge is 2.56. The van der Waals surface area contributed by atoms with E-state index < -0.39 is 30.5 Å².